The summed E-state index contributed by atoms with van der Waals surface area (Å²) in [6, 6.07) is 4.57. The predicted octanol–water partition coefficient (Wildman–Crippen LogP) is 3.12. The molecule has 1 aromatic rings. The number of nitrogens with one attached hydrogen (secondary N) is 1. The average molecular weight is 333 g/mol. The van der Waals surface area contributed by atoms with Crippen LogP contribution in [0.3, 0.4) is 0 Å². The van der Waals surface area contributed by atoms with Crippen molar-refractivity contribution in [3.05, 3.63) is 29.3 Å². The molecule has 128 valence electrons. The first-order chi connectivity index (χ1) is 10.8. The van der Waals surface area contributed by atoms with Crippen LogP contribution < -0.4 is 10.1 Å². The summed E-state index contributed by atoms with van der Waals surface area (Å²) in [5, 5.41) is 3.14. The second-order valence-electron chi connectivity index (χ2n) is 5.36. The van der Waals surface area contributed by atoms with Crippen molar-refractivity contribution in [2.24, 2.45) is 0 Å². The molecule has 1 aliphatic heterocycles. The molecule has 0 amide bonds. The Hall–Kier alpha value is -1.96. The van der Waals surface area contributed by atoms with Crippen molar-refractivity contribution in [2.75, 3.05) is 20.2 Å². The van der Waals surface area contributed by atoms with E-state index in [0.29, 0.717) is 25.1 Å². The van der Waals surface area contributed by atoms with E-state index in [2.05, 4.69) is 14.8 Å². The van der Waals surface area contributed by atoms with E-state index in [1.165, 1.54) is 13.2 Å². The van der Waals surface area contributed by atoms with Crippen LogP contribution in [0.15, 0.2) is 18.2 Å². The zero-order valence-corrected chi connectivity index (χ0v) is 12.8. The number of rotatable bonds is 3. The number of alkyl halides is 3. The molecule has 0 bridgehead atoms. The average Bonchev–Trinajstić information content (AvgIpc) is 2.48. The van der Waals surface area contributed by atoms with Crippen LogP contribution in [0.2, 0.25) is 0 Å². The van der Waals surface area contributed by atoms with Gasteiger partial charge < -0.3 is 19.5 Å². The molecule has 0 aliphatic carbocycles. The Bertz CT molecular complexity index is 562. The van der Waals surface area contributed by atoms with Crippen LogP contribution >= 0.6 is 0 Å². The molecule has 2 atom stereocenters. The summed E-state index contributed by atoms with van der Waals surface area (Å²) in [6.07, 6.45) is -5.23. The molecule has 0 saturated carbocycles. The van der Waals surface area contributed by atoms with Gasteiger partial charge in [0.15, 0.2) is 0 Å². The molecule has 1 heterocycles. The number of ether oxygens (including phenoxy) is 3. The van der Waals surface area contributed by atoms with E-state index in [9.17, 15) is 18.0 Å². The maximum atomic E-state index is 12.3. The van der Waals surface area contributed by atoms with Crippen molar-refractivity contribution in [3.8, 4) is 5.75 Å². The van der Waals surface area contributed by atoms with Gasteiger partial charge in [-0.1, -0.05) is 12.1 Å². The van der Waals surface area contributed by atoms with Crippen LogP contribution in [0.1, 0.15) is 23.5 Å². The summed E-state index contributed by atoms with van der Waals surface area (Å²) < 4.78 is 50.4. The molecule has 1 N–H and O–H groups in total. The molecule has 2 unspecified atom stereocenters. The number of carbonyl (C=O) groups excluding carboxylic acids is 1. The van der Waals surface area contributed by atoms with Gasteiger partial charge in [-0.15, -0.1) is 13.2 Å². The fourth-order valence-electron chi connectivity index (χ4n) is 2.60. The highest BCUT2D eigenvalue weighted by Gasteiger charge is 2.32. The molecule has 0 aromatic heterocycles. The SMILES string of the molecule is COC(=O)OC1CNCC(c2ccc(OC(F)(F)F)c(C)c2)C1. The smallest absolute Gasteiger partial charge is 0.438 e. The highest BCUT2D eigenvalue weighted by Crippen LogP contribution is 2.31. The predicted molar refractivity (Wildman–Crippen MR) is 75.4 cm³/mol. The normalized spacial score (nSPS) is 21.6. The summed E-state index contributed by atoms with van der Waals surface area (Å²) in [5.74, 6) is -0.190. The van der Waals surface area contributed by atoms with Gasteiger partial charge >= 0.3 is 12.5 Å². The van der Waals surface area contributed by atoms with Crippen molar-refractivity contribution in [2.45, 2.75) is 31.7 Å². The number of methoxy groups -OCH3 is 1. The lowest BCUT2D eigenvalue weighted by molar-refractivity contribution is -0.274. The van der Waals surface area contributed by atoms with Crippen molar-refractivity contribution in [1.82, 2.24) is 5.32 Å². The van der Waals surface area contributed by atoms with E-state index in [0.717, 1.165) is 5.56 Å². The van der Waals surface area contributed by atoms with Gasteiger partial charge in [-0.25, -0.2) is 4.79 Å². The van der Waals surface area contributed by atoms with Gasteiger partial charge in [0.25, 0.3) is 0 Å². The third-order valence-electron chi connectivity index (χ3n) is 3.64. The monoisotopic (exact) mass is 333 g/mol. The molecule has 1 saturated heterocycles. The van der Waals surface area contributed by atoms with Gasteiger partial charge in [0, 0.05) is 13.1 Å². The molecule has 1 aliphatic rings. The maximum Gasteiger partial charge on any atom is 0.573 e. The fourth-order valence-corrected chi connectivity index (χ4v) is 2.60. The molecular weight excluding hydrogens is 315 g/mol. The quantitative estimate of drug-likeness (QED) is 0.862. The number of piperidine rings is 1. The van der Waals surface area contributed by atoms with Gasteiger partial charge in [0.05, 0.1) is 7.11 Å². The van der Waals surface area contributed by atoms with Crippen LogP contribution in [0.4, 0.5) is 18.0 Å². The van der Waals surface area contributed by atoms with E-state index >= 15 is 0 Å². The summed E-state index contributed by atoms with van der Waals surface area (Å²) in [6.45, 7) is 2.73. The molecule has 0 radical (unpaired) electrons. The Morgan fingerprint density at radius 3 is 2.65 bits per heavy atom. The lowest BCUT2D eigenvalue weighted by Gasteiger charge is -2.30. The van der Waals surface area contributed by atoms with E-state index in [1.807, 2.05) is 0 Å². The number of benzene rings is 1. The van der Waals surface area contributed by atoms with Gasteiger partial charge in [-0.3, -0.25) is 0 Å². The second kappa shape index (κ2) is 7.08. The summed E-state index contributed by atoms with van der Waals surface area (Å²) in [7, 11) is 1.23. The number of hydrogen-bond donors (Lipinski definition) is 1. The van der Waals surface area contributed by atoms with E-state index in [-0.39, 0.29) is 17.8 Å². The first kappa shape index (κ1) is 17.4. The lowest BCUT2D eigenvalue weighted by Crippen LogP contribution is -2.40. The summed E-state index contributed by atoms with van der Waals surface area (Å²) in [5.41, 5.74) is 1.26. The zero-order chi connectivity index (χ0) is 17.0. The summed E-state index contributed by atoms with van der Waals surface area (Å²) >= 11 is 0. The molecule has 0 spiro atoms. The third kappa shape index (κ3) is 5.02. The van der Waals surface area contributed by atoms with Crippen molar-refractivity contribution >= 4 is 6.16 Å². The lowest BCUT2D eigenvalue weighted by atomic mass is 9.89. The van der Waals surface area contributed by atoms with Crippen molar-refractivity contribution in [3.63, 3.8) is 0 Å². The first-order valence-electron chi connectivity index (χ1n) is 7.10. The van der Waals surface area contributed by atoms with Crippen LogP contribution in [0.25, 0.3) is 0 Å². The Kier molecular flexibility index (Phi) is 5.35. The van der Waals surface area contributed by atoms with Crippen molar-refractivity contribution in [1.29, 1.82) is 0 Å². The number of aryl methyl sites for hydroxylation is 1. The standard InChI is InChI=1S/C15H18F3NO4/c1-9-5-10(3-4-13(9)23-15(16,17)18)11-6-12(8-19-7-11)22-14(20)21-2/h3-5,11-12,19H,6-8H2,1-2H3. The second-order valence-corrected chi connectivity index (χ2v) is 5.36. The Morgan fingerprint density at radius 2 is 2.04 bits per heavy atom. The molecule has 23 heavy (non-hydrogen) atoms. The van der Waals surface area contributed by atoms with Gasteiger partial charge in [-0.05, 0) is 36.5 Å². The van der Waals surface area contributed by atoms with E-state index in [1.54, 1.807) is 19.1 Å². The third-order valence-corrected chi connectivity index (χ3v) is 3.64. The van der Waals surface area contributed by atoms with E-state index < -0.39 is 12.5 Å². The van der Waals surface area contributed by atoms with Crippen LogP contribution in [-0.2, 0) is 9.47 Å². The number of hydrogen-bond acceptors (Lipinski definition) is 5. The minimum atomic E-state index is -4.71. The minimum Gasteiger partial charge on any atom is -0.438 e. The first-order valence-corrected chi connectivity index (χ1v) is 7.10. The highest BCUT2D eigenvalue weighted by atomic mass is 19.4. The largest absolute Gasteiger partial charge is 0.573 e. The Morgan fingerprint density at radius 1 is 1.30 bits per heavy atom. The van der Waals surface area contributed by atoms with Crippen LogP contribution in [-0.4, -0.2) is 38.8 Å². The molecule has 8 heteroatoms. The molecular formula is C15H18F3NO4. The Balaban J connectivity index is 2.06. The molecule has 5 nitrogen and oxygen atoms in total. The fraction of sp³-hybridized carbons (Fsp3) is 0.533. The highest BCUT2D eigenvalue weighted by molar-refractivity contribution is 5.59. The zero-order valence-electron chi connectivity index (χ0n) is 12.8. The van der Waals surface area contributed by atoms with Gasteiger partial charge in [-0.2, -0.15) is 0 Å². The van der Waals surface area contributed by atoms with Crippen LogP contribution in [0, 0.1) is 6.92 Å². The Labute approximate surface area is 131 Å². The molecule has 1 fully saturated rings. The topological polar surface area (TPSA) is 56.8 Å². The number of carbonyl (C=O) groups is 1. The minimum absolute atomic E-state index is 0.0250. The maximum absolute atomic E-state index is 12.3. The van der Waals surface area contributed by atoms with Gasteiger partial charge in [0.2, 0.25) is 0 Å². The molecule has 2 rings (SSSR count). The molecule has 1 aromatic carbocycles. The van der Waals surface area contributed by atoms with Gasteiger partial charge in [0.1, 0.15) is 11.9 Å². The number of halogens is 3. The summed E-state index contributed by atoms with van der Waals surface area (Å²) in [4.78, 5) is 11.2. The van der Waals surface area contributed by atoms with E-state index in [4.69, 9.17) is 4.74 Å². The van der Waals surface area contributed by atoms with Crippen LogP contribution in [0.5, 0.6) is 5.75 Å². The van der Waals surface area contributed by atoms with Crippen molar-refractivity contribution < 1.29 is 32.2 Å².